The average Bonchev–Trinajstić information content (AvgIpc) is 2.66. The number of aromatic nitrogens is 3. The van der Waals surface area contributed by atoms with Crippen LogP contribution in [0.15, 0.2) is 0 Å². The molecule has 4 N–H and O–H groups in total. The minimum atomic E-state index is -0.607. The monoisotopic (exact) mass is 211 g/mol. The summed E-state index contributed by atoms with van der Waals surface area (Å²) in [6.45, 7) is 3.38. The van der Waals surface area contributed by atoms with Gasteiger partial charge in [0.05, 0.1) is 0 Å². The number of anilines is 1. The predicted octanol–water partition coefficient (Wildman–Crippen LogP) is -0.215. The van der Waals surface area contributed by atoms with Gasteiger partial charge in [0.25, 0.3) is 0 Å². The van der Waals surface area contributed by atoms with E-state index < -0.39 is 6.10 Å². The molecule has 0 aliphatic carbocycles. The van der Waals surface area contributed by atoms with Crippen LogP contribution in [0.25, 0.3) is 0 Å². The number of hydrogen-bond acceptors (Lipinski definition) is 5. The predicted molar refractivity (Wildman–Crippen MR) is 56.4 cm³/mol. The Labute approximate surface area is 88.5 Å². The second-order valence-electron chi connectivity index (χ2n) is 4.04. The molecule has 1 aromatic rings. The summed E-state index contributed by atoms with van der Waals surface area (Å²) < 4.78 is 0. The van der Waals surface area contributed by atoms with Crippen molar-refractivity contribution in [1.29, 1.82) is 0 Å². The second kappa shape index (κ2) is 4.16. The zero-order valence-corrected chi connectivity index (χ0v) is 8.85. The van der Waals surface area contributed by atoms with Crippen LogP contribution in [0.1, 0.15) is 31.7 Å². The molecule has 1 fully saturated rings. The minimum Gasteiger partial charge on any atom is -0.385 e. The zero-order valence-electron chi connectivity index (χ0n) is 8.85. The Bertz CT molecular complexity index is 324. The highest BCUT2D eigenvalue weighted by molar-refractivity contribution is 5.30. The second-order valence-corrected chi connectivity index (χ2v) is 4.04. The lowest BCUT2D eigenvalue weighted by atomic mass is 10.1. The smallest absolute Gasteiger partial charge is 0.244 e. The first kappa shape index (κ1) is 10.4. The van der Waals surface area contributed by atoms with E-state index in [0.29, 0.717) is 11.8 Å². The van der Waals surface area contributed by atoms with Crippen molar-refractivity contribution in [3.05, 3.63) is 5.82 Å². The molecule has 0 spiro atoms. The molecular weight excluding hydrogens is 194 g/mol. The quantitative estimate of drug-likeness (QED) is 0.629. The van der Waals surface area contributed by atoms with Gasteiger partial charge in [0.2, 0.25) is 5.95 Å². The molecule has 0 bridgehead atoms. The Hall–Kier alpha value is -1.14. The van der Waals surface area contributed by atoms with Gasteiger partial charge in [-0.2, -0.15) is 4.98 Å². The Kier molecular flexibility index (Phi) is 2.88. The Morgan fingerprint density at radius 2 is 2.47 bits per heavy atom. The molecule has 6 heteroatoms. The van der Waals surface area contributed by atoms with Crippen LogP contribution in [0.4, 0.5) is 5.95 Å². The number of H-pyrrole nitrogens is 1. The van der Waals surface area contributed by atoms with Crippen LogP contribution < -0.4 is 10.6 Å². The molecule has 0 radical (unpaired) electrons. The maximum absolute atomic E-state index is 9.31. The summed E-state index contributed by atoms with van der Waals surface area (Å²) in [7, 11) is 0. The van der Waals surface area contributed by atoms with Crippen molar-refractivity contribution in [3.63, 3.8) is 0 Å². The molecule has 1 unspecified atom stereocenters. The molecule has 6 nitrogen and oxygen atoms in total. The molecule has 1 aromatic heterocycles. The first-order valence-corrected chi connectivity index (χ1v) is 5.27. The molecule has 0 amide bonds. The number of nitrogens with two attached hydrogens (primary N) is 1. The lowest BCUT2D eigenvalue weighted by Crippen LogP contribution is -2.43. The van der Waals surface area contributed by atoms with E-state index in [0.717, 1.165) is 25.9 Å². The van der Waals surface area contributed by atoms with Crippen molar-refractivity contribution in [3.8, 4) is 0 Å². The number of piperidine rings is 1. The van der Waals surface area contributed by atoms with E-state index in [1.54, 1.807) is 6.92 Å². The fourth-order valence-corrected chi connectivity index (χ4v) is 1.78. The van der Waals surface area contributed by atoms with Gasteiger partial charge in [-0.3, -0.25) is 5.10 Å². The third-order valence-corrected chi connectivity index (χ3v) is 2.63. The van der Waals surface area contributed by atoms with Gasteiger partial charge in [-0.1, -0.05) is 0 Å². The molecule has 0 saturated carbocycles. The first-order chi connectivity index (χ1) is 7.16. The molecule has 84 valence electrons. The van der Waals surface area contributed by atoms with Gasteiger partial charge in [0, 0.05) is 19.1 Å². The molecule has 15 heavy (non-hydrogen) atoms. The molecular formula is C9H17N5O. The number of aliphatic hydroxyl groups excluding tert-OH is 1. The van der Waals surface area contributed by atoms with E-state index in [2.05, 4.69) is 20.1 Å². The Morgan fingerprint density at radius 1 is 1.67 bits per heavy atom. The molecule has 1 aliphatic rings. The molecule has 2 atom stereocenters. The number of rotatable bonds is 2. The fourth-order valence-electron chi connectivity index (χ4n) is 1.78. The summed E-state index contributed by atoms with van der Waals surface area (Å²) in [5, 5.41) is 16.1. The van der Waals surface area contributed by atoms with Crippen LogP contribution >= 0.6 is 0 Å². The van der Waals surface area contributed by atoms with Gasteiger partial charge in [-0.25, -0.2) is 0 Å². The van der Waals surface area contributed by atoms with Crippen LogP contribution in [0.2, 0.25) is 0 Å². The highest BCUT2D eigenvalue weighted by atomic mass is 16.3. The van der Waals surface area contributed by atoms with Gasteiger partial charge in [0.1, 0.15) is 6.10 Å². The standard InChI is InChI=1S/C9H17N5O/c1-6(15)8-11-9(13-12-8)14-4-2-3-7(10)5-14/h6-7,15H,2-5,10H2,1H3,(H,11,12,13)/t6-,7?/m0/s1. The van der Waals surface area contributed by atoms with Crippen molar-refractivity contribution in [2.24, 2.45) is 5.73 Å². The summed E-state index contributed by atoms with van der Waals surface area (Å²) in [5.41, 5.74) is 5.87. The number of nitrogens with zero attached hydrogens (tertiary/aromatic N) is 3. The third kappa shape index (κ3) is 2.27. The van der Waals surface area contributed by atoms with Crippen LogP contribution in [0, 0.1) is 0 Å². The van der Waals surface area contributed by atoms with Gasteiger partial charge >= 0.3 is 0 Å². The number of nitrogens with one attached hydrogen (secondary N) is 1. The summed E-state index contributed by atoms with van der Waals surface area (Å²) >= 11 is 0. The van der Waals surface area contributed by atoms with Crippen molar-refractivity contribution in [2.45, 2.75) is 31.9 Å². The topological polar surface area (TPSA) is 91.1 Å². The van der Waals surface area contributed by atoms with Crippen LogP contribution in [-0.2, 0) is 0 Å². The number of aliphatic hydroxyl groups is 1. The zero-order chi connectivity index (χ0) is 10.8. The number of hydrogen-bond donors (Lipinski definition) is 3. The lowest BCUT2D eigenvalue weighted by Gasteiger charge is -2.29. The van der Waals surface area contributed by atoms with Gasteiger partial charge in [-0.15, -0.1) is 5.10 Å². The number of aromatic amines is 1. The highest BCUT2D eigenvalue weighted by Crippen LogP contribution is 2.16. The third-order valence-electron chi connectivity index (χ3n) is 2.63. The molecule has 2 rings (SSSR count). The summed E-state index contributed by atoms with van der Waals surface area (Å²) in [6.07, 6.45) is 1.52. The van der Waals surface area contributed by atoms with Gasteiger partial charge in [0.15, 0.2) is 5.82 Å². The Morgan fingerprint density at radius 3 is 3.07 bits per heavy atom. The minimum absolute atomic E-state index is 0.201. The van der Waals surface area contributed by atoms with Gasteiger partial charge in [-0.05, 0) is 19.8 Å². The van der Waals surface area contributed by atoms with E-state index in [-0.39, 0.29) is 6.04 Å². The molecule has 1 aliphatic heterocycles. The van der Waals surface area contributed by atoms with E-state index >= 15 is 0 Å². The van der Waals surface area contributed by atoms with Crippen LogP contribution in [-0.4, -0.2) is 39.4 Å². The van der Waals surface area contributed by atoms with E-state index in [1.807, 2.05) is 0 Å². The van der Waals surface area contributed by atoms with Crippen LogP contribution in [0.3, 0.4) is 0 Å². The van der Waals surface area contributed by atoms with Crippen molar-refractivity contribution >= 4 is 5.95 Å². The largest absolute Gasteiger partial charge is 0.385 e. The molecule has 2 heterocycles. The maximum Gasteiger partial charge on any atom is 0.244 e. The van der Waals surface area contributed by atoms with E-state index in [4.69, 9.17) is 5.73 Å². The normalized spacial score (nSPS) is 24.2. The summed E-state index contributed by atoms with van der Waals surface area (Å²) in [4.78, 5) is 6.27. The molecule has 1 saturated heterocycles. The first-order valence-electron chi connectivity index (χ1n) is 5.27. The van der Waals surface area contributed by atoms with Crippen molar-refractivity contribution in [2.75, 3.05) is 18.0 Å². The molecule has 0 aromatic carbocycles. The van der Waals surface area contributed by atoms with Crippen molar-refractivity contribution in [1.82, 2.24) is 15.2 Å². The SMILES string of the molecule is C[C@H](O)c1nc(N2CCCC(N)C2)n[nH]1. The van der Waals surface area contributed by atoms with Gasteiger partial charge < -0.3 is 15.7 Å². The average molecular weight is 211 g/mol. The highest BCUT2D eigenvalue weighted by Gasteiger charge is 2.20. The fraction of sp³-hybridized carbons (Fsp3) is 0.778. The van der Waals surface area contributed by atoms with E-state index in [1.165, 1.54) is 0 Å². The summed E-state index contributed by atoms with van der Waals surface area (Å²) in [5.74, 6) is 1.14. The summed E-state index contributed by atoms with van der Waals surface area (Å²) in [6, 6.07) is 0.201. The lowest BCUT2D eigenvalue weighted by molar-refractivity contribution is 0.189. The van der Waals surface area contributed by atoms with Crippen molar-refractivity contribution < 1.29 is 5.11 Å². The Balaban J connectivity index is 2.08. The van der Waals surface area contributed by atoms with E-state index in [9.17, 15) is 5.11 Å². The maximum atomic E-state index is 9.31. The van der Waals surface area contributed by atoms with Crippen LogP contribution in [0.5, 0.6) is 0 Å².